The molecule has 0 unspecified atom stereocenters. The van der Waals surface area contributed by atoms with Gasteiger partial charge in [0.25, 0.3) is 0 Å². The van der Waals surface area contributed by atoms with Crippen LogP contribution in [0.1, 0.15) is 20.3 Å². The molecular formula is C17H21ClN4O3S2. The standard InChI is InChI=1S/C17H21ClN4O3S2/c1-10(2)8-13(15(24)25-3)19-14(23)9-26-17-22-21-16(27-17)20-12-7-5-4-6-11(12)18/h4-7,10,13H,8-9H2,1-3H3,(H,19,23)(H,20,21)/t13-/m0/s1. The highest BCUT2D eigenvalue weighted by molar-refractivity contribution is 8.01. The van der Waals surface area contributed by atoms with Gasteiger partial charge in [-0.25, -0.2) is 4.79 Å². The summed E-state index contributed by atoms with van der Waals surface area (Å²) in [5.41, 5.74) is 0.735. The van der Waals surface area contributed by atoms with Gasteiger partial charge in [-0.2, -0.15) is 0 Å². The molecule has 0 fully saturated rings. The summed E-state index contributed by atoms with van der Waals surface area (Å²) >= 11 is 8.67. The van der Waals surface area contributed by atoms with Crippen LogP contribution in [0.15, 0.2) is 28.6 Å². The van der Waals surface area contributed by atoms with Crippen LogP contribution in [0.3, 0.4) is 0 Å². The van der Waals surface area contributed by atoms with E-state index >= 15 is 0 Å². The second kappa shape index (κ2) is 10.5. The van der Waals surface area contributed by atoms with Gasteiger partial charge >= 0.3 is 5.97 Å². The second-order valence-corrected chi connectivity index (χ2v) is 8.65. The van der Waals surface area contributed by atoms with E-state index in [-0.39, 0.29) is 17.6 Å². The van der Waals surface area contributed by atoms with Gasteiger partial charge < -0.3 is 15.4 Å². The van der Waals surface area contributed by atoms with Crippen molar-refractivity contribution in [3.05, 3.63) is 29.3 Å². The lowest BCUT2D eigenvalue weighted by atomic mass is 10.0. The smallest absolute Gasteiger partial charge is 0.328 e. The number of thioether (sulfide) groups is 1. The number of nitrogens with one attached hydrogen (secondary N) is 2. The minimum absolute atomic E-state index is 0.131. The molecule has 1 atom stereocenters. The molecule has 1 heterocycles. The van der Waals surface area contributed by atoms with Crippen molar-refractivity contribution in [3.63, 3.8) is 0 Å². The summed E-state index contributed by atoms with van der Waals surface area (Å²) in [6.07, 6.45) is 0.522. The summed E-state index contributed by atoms with van der Waals surface area (Å²) in [4.78, 5) is 23.9. The zero-order valence-electron chi connectivity index (χ0n) is 15.2. The number of rotatable bonds is 9. The normalized spacial score (nSPS) is 11.9. The second-order valence-electron chi connectivity index (χ2n) is 6.04. The Balaban J connectivity index is 1.87. The van der Waals surface area contributed by atoms with Crippen molar-refractivity contribution in [2.24, 2.45) is 5.92 Å². The average molecular weight is 429 g/mol. The van der Waals surface area contributed by atoms with Gasteiger partial charge in [-0.15, -0.1) is 10.2 Å². The van der Waals surface area contributed by atoms with Gasteiger partial charge in [-0.1, -0.05) is 60.7 Å². The van der Waals surface area contributed by atoms with E-state index in [1.165, 1.54) is 30.2 Å². The van der Waals surface area contributed by atoms with Crippen LogP contribution in [0, 0.1) is 5.92 Å². The number of esters is 1. The maximum Gasteiger partial charge on any atom is 0.328 e. The third-order valence-electron chi connectivity index (χ3n) is 3.38. The monoisotopic (exact) mass is 428 g/mol. The van der Waals surface area contributed by atoms with Gasteiger partial charge in [-0.05, 0) is 24.5 Å². The Morgan fingerprint density at radius 1 is 1.30 bits per heavy atom. The highest BCUT2D eigenvalue weighted by Crippen LogP contribution is 2.30. The van der Waals surface area contributed by atoms with Crippen molar-refractivity contribution in [3.8, 4) is 0 Å². The van der Waals surface area contributed by atoms with Gasteiger partial charge in [0.05, 0.1) is 23.6 Å². The fraction of sp³-hybridized carbons (Fsp3) is 0.412. The van der Waals surface area contributed by atoms with Crippen LogP contribution in [-0.4, -0.2) is 41.0 Å². The largest absolute Gasteiger partial charge is 0.467 e. The summed E-state index contributed by atoms with van der Waals surface area (Å²) in [5, 5.41) is 15.1. The van der Waals surface area contributed by atoms with Gasteiger partial charge in [0.2, 0.25) is 11.0 Å². The zero-order chi connectivity index (χ0) is 19.8. The highest BCUT2D eigenvalue weighted by Gasteiger charge is 2.22. The number of amides is 1. The molecule has 0 aliphatic heterocycles. The molecule has 7 nitrogen and oxygen atoms in total. The summed E-state index contributed by atoms with van der Waals surface area (Å²) < 4.78 is 5.38. The van der Waals surface area contributed by atoms with E-state index in [1.54, 1.807) is 6.07 Å². The molecule has 0 spiro atoms. The van der Waals surface area contributed by atoms with Gasteiger partial charge in [-0.3, -0.25) is 4.79 Å². The lowest BCUT2D eigenvalue weighted by Gasteiger charge is -2.17. The van der Waals surface area contributed by atoms with Crippen molar-refractivity contribution in [2.75, 3.05) is 18.2 Å². The molecule has 0 aliphatic carbocycles. The van der Waals surface area contributed by atoms with E-state index < -0.39 is 12.0 Å². The average Bonchev–Trinajstić information content (AvgIpc) is 3.08. The highest BCUT2D eigenvalue weighted by atomic mass is 35.5. The lowest BCUT2D eigenvalue weighted by Crippen LogP contribution is -2.43. The molecule has 0 radical (unpaired) electrons. The summed E-state index contributed by atoms with van der Waals surface area (Å²) in [6, 6.07) is 6.68. The molecule has 0 bridgehead atoms. The van der Waals surface area contributed by atoms with Crippen molar-refractivity contribution < 1.29 is 14.3 Å². The van der Waals surface area contributed by atoms with Crippen molar-refractivity contribution >= 4 is 57.4 Å². The van der Waals surface area contributed by atoms with Gasteiger partial charge in [0, 0.05) is 0 Å². The number of nitrogens with zero attached hydrogens (tertiary/aromatic N) is 2. The predicted molar refractivity (Wildman–Crippen MR) is 109 cm³/mol. The van der Waals surface area contributed by atoms with Crippen LogP contribution in [0.5, 0.6) is 0 Å². The molecule has 146 valence electrons. The molecule has 27 heavy (non-hydrogen) atoms. The number of carbonyl (C=O) groups is 2. The number of benzene rings is 1. The topological polar surface area (TPSA) is 93.2 Å². The number of halogens is 1. The van der Waals surface area contributed by atoms with E-state index in [0.29, 0.717) is 20.9 Å². The summed E-state index contributed by atoms with van der Waals surface area (Å²) in [7, 11) is 1.31. The quantitative estimate of drug-likeness (QED) is 0.464. The Kier molecular flexibility index (Phi) is 8.33. The van der Waals surface area contributed by atoms with E-state index in [4.69, 9.17) is 16.3 Å². The Bertz CT molecular complexity index is 785. The van der Waals surface area contributed by atoms with Crippen molar-refractivity contribution in [1.29, 1.82) is 0 Å². The first-order chi connectivity index (χ1) is 12.9. The number of aromatic nitrogens is 2. The molecule has 0 saturated heterocycles. The maximum atomic E-state index is 12.2. The van der Waals surface area contributed by atoms with Gasteiger partial charge in [0.15, 0.2) is 4.34 Å². The molecule has 2 N–H and O–H groups in total. The molecule has 0 aliphatic rings. The fourth-order valence-electron chi connectivity index (χ4n) is 2.19. The van der Waals surface area contributed by atoms with Crippen LogP contribution in [0.25, 0.3) is 0 Å². The zero-order valence-corrected chi connectivity index (χ0v) is 17.6. The first kappa shape index (κ1) is 21.5. The molecule has 1 aromatic heterocycles. The van der Waals surface area contributed by atoms with E-state index in [1.807, 2.05) is 32.0 Å². The van der Waals surface area contributed by atoms with Crippen LogP contribution >= 0.6 is 34.7 Å². The van der Waals surface area contributed by atoms with E-state index in [2.05, 4.69) is 20.8 Å². The third kappa shape index (κ3) is 7.00. The van der Waals surface area contributed by atoms with E-state index in [0.717, 1.165) is 5.69 Å². The predicted octanol–water partition coefficient (Wildman–Crippen LogP) is 3.73. The molecule has 1 amide bonds. The van der Waals surface area contributed by atoms with Crippen LogP contribution in [0.4, 0.5) is 10.8 Å². The molecule has 2 aromatic rings. The SMILES string of the molecule is COC(=O)[C@H](CC(C)C)NC(=O)CSc1nnc(Nc2ccccc2Cl)s1. The Labute approximate surface area is 171 Å². The number of hydrogen-bond acceptors (Lipinski definition) is 8. The van der Waals surface area contributed by atoms with Crippen LogP contribution < -0.4 is 10.6 Å². The molecular weight excluding hydrogens is 408 g/mol. The Hall–Kier alpha value is -1.84. The Morgan fingerprint density at radius 2 is 2.04 bits per heavy atom. The third-order valence-corrected chi connectivity index (χ3v) is 5.68. The van der Waals surface area contributed by atoms with E-state index in [9.17, 15) is 9.59 Å². The summed E-state index contributed by atoms with van der Waals surface area (Å²) in [6.45, 7) is 3.96. The molecule has 0 saturated carbocycles. The Morgan fingerprint density at radius 3 is 2.70 bits per heavy atom. The van der Waals surface area contributed by atoms with Crippen LogP contribution in [0.2, 0.25) is 5.02 Å². The molecule has 1 aromatic carbocycles. The van der Waals surface area contributed by atoms with Crippen molar-refractivity contribution in [2.45, 2.75) is 30.6 Å². The minimum atomic E-state index is -0.644. The first-order valence-corrected chi connectivity index (χ1v) is 10.4. The lowest BCUT2D eigenvalue weighted by molar-refractivity contribution is -0.145. The molecule has 10 heteroatoms. The van der Waals surface area contributed by atoms with Gasteiger partial charge in [0.1, 0.15) is 6.04 Å². The number of carbonyl (C=O) groups excluding carboxylic acids is 2. The fourth-order valence-corrected chi connectivity index (χ4v) is 3.95. The van der Waals surface area contributed by atoms with Crippen molar-refractivity contribution in [1.82, 2.24) is 15.5 Å². The summed E-state index contributed by atoms with van der Waals surface area (Å²) in [5.74, 6) is -0.313. The first-order valence-electron chi connectivity index (χ1n) is 8.24. The number of para-hydroxylation sites is 1. The van der Waals surface area contributed by atoms with Crippen LogP contribution in [-0.2, 0) is 14.3 Å². The maximum absolute atomic E-state index is 12.2. The molecule has 2 rings (SSSR count). The number of methoxy groups -OCH3 is 1. The number of hydrogen-bond donors (Lipinski definition) is 2. The minimum Gasteiger partial charge on any atom is -0.467 e. The number of ether oxygens (including phenoxy) is 1. The number of anilines is 2.